The minimum atomic E-state index is -4.60. The number of rotatable bonds is 5. The molecule has 0 N–H and O–H groups in total. The predicted octanol–water partition coefficient (Wildman–Crippen LogP) is 5.11. The van der Waals surface area contributed by atoms with Crippen molar-refractivity contribution in [2.24, 2.45) is 0 Å². The van der Waals surface area contributed by atoms with Crippen molar-refractivity contribution in [1.82, 2.24) is 9.21 Å². The van der Waals surface area contributed by atoms with Crippen molar-refractivity contribution in [2.45, 2.75) is 24.0 Å². The SMILES string of the molecule is Cc1ccc([C@@H](c2ccccc2)N2CCN(S(=O)(=O)c3cccc(C(F)(F)F)c3)CC2)cc1. The van der Waals surface area contributed by atoms with Crippen molar-refractivity contribution in [2.75, 3.05) is 26.2 Å². The largest absolute Gasteiger partial charge is 0.416 e. The summed E-state index contributed by atoms with van der Waals surface area (Å²) in [4.78, 5) is 1.89. The van der Waals surface area contributed by atoms with Crippen LogP contribution in [0.15, 0.2) is 83.8 Å². The van der Waals surface area contributed by atoms with Gasteiger partial charge in [-0.25, -0.2) is 8.42 Å². The van der Waals surface area contributed by atoms with Crippen LogP contribution in [-0.4, -0.2) is 43.8 Å². The lowest BCUT2D eigenvalue weighted by Gasteiger charge is -2.39. The Hall–Kier alpha value is -2.68. The van der Waals surface area contributed by atoms with Gasteiger partial charge in [0.05, 0.1) is 16.5 Å². The van der Waals surface area contributed by atoms with Crippen molar-refractivity contribution >= 4 is 10.0 Å². The van der Waals surface area contributed by atoms with E-state index >= 15 is 0 Å². The number of benzene rings is 3. The van der Waals surface area contributed by atoms with Crippen LogP contribution in [-0.2, 0) is 16.2 Å². The molecule has 0 amide bonds. The van der Waals surface area contributed by atoms with E-state index in [4.69, 9.17) is 0 Å². The molecular weight excluding hydrogens is 449 g/mol. The van der Waals surface area contributed by atoms with Crippen LogP contribution in [0.2, 0.25) is 0 Å². The lowest BCUT2D eigenvalue weighted by Crippen LogP contribution is -2.49. The fourth-order valence-electron chi connectivity index (χ4n) is 4.18. The van der Waals surface area contributed by atoms with Gasteiger partial charge in [-0.05, 0) is 36.2 Å². The standard InChI is InChI=1S/C25H25F3N2O2S/c1-19-10-12-21(13-11-19)24(20-6-3-2-4-7-20)29-14-16-30(17-15-29)33(31,32)23-9-5-8-22(18-23)25(26,27)28/h2-13,18,24H,14-17H2,1H3/t24-/m1/s1. The van der Waals surface area contributed by atoms with Crippen LogP contribution in [0.1, 0.15) is 28.3 Å². The van der Waals surface area contributed by atoms with E-state index < -0.39 is 21.8 Å². The number of nitrogens with zero attached hydrogens (tertiary/aromatic N) is 2. The van der Waals surface area contributed by atoms with Crippen LogP contribution in [0, 0.1) is 6.92 Å². The van der Waals surface area contributed by atoms with Gasteiger partial charge in [0.25, 0.3) is 0 Å². The van der Waals surface area contributed by atoms with E-state index in [0.29, 0.717) is 19.2 Å². The Balaban J connectivity index is 1.56. The second kappa shape index (κ2) is 9.29. The molecule has 1 fully saturated rings. The predicted molar refractivity (Wildman–Crippen MR) is 121 cm³/mol. The zero-order chi connectivity index (χ0) is 23.6. The molecule has 1 aliphatic heterocycles. The molecule has 1 saturated heterocycles. The molecule has 0 aromatic heterocycles. The second-order valence-electron chi connectivity index (χ2n) is 8.19. The molecular formula is C25H25F3N2O2S. The van der Waals surface area contributed by atoms with Crippen LogP contribution < -0.4 is 0 Å². The van der Waals surface area contributed by atoms with Gasteiger partial charge in [-0.2, -0.15) is 17.5 Å². The summed E-state index contributed by atoms with van der Waals surface area (Å²) >= 11 is 0. The first kappa shape index (κ1) is 23.5. The highest BCUT2D eigenvalue weighted by atomic mass is 32.2. The number of aryl methyl sites for hydroxylation is 1. The Kier molecular flexibility index (Phi) is 6.61. The van der Waals surface area contributed by atoms with E-state index in [-0.39, 0.29) is 24.0 Å². The molecule has 0 spiro atoms. The van der Waals surface area contributed by atoms with Gasteiger partial charge in [0.1, 0.15) is 0 Å². The van der Waals surface area contributed by atoms with Crippen LogP contribution in [0.4, 0.5) is 13.2 Å². The molecule has 4 rings (SSSR count). The summed E-state index contributed by atoms with van der Waals surface area (Å²) in [6.07, 6.45) is -4.60. The Labute approximate surface area is 192 Å². The van der Waals surface area contributed by atoms with Gasteiger partial charge in [0.2, 0.25) is 10.0 Å². The molecule has 0 saturated carbocycles. The monoisotopic (exact) mass is 474 g/mol. The fraction of sp³-hybridized carbons (Fsp3) is 0.280. The van der Waals surface area contributed by atoms with Crippen LogP contribution in [0.5, 0.6) is 0 Å². The molecule has 1 atom stereocenters. The molecule has 0 unspecified atom stereocenters. The summed E-state index contributed by atoms with van der Waals surface area (Å²) in [6.45, 7) is 3.36. The highest BCUT2D eigenvalue weighted by Crippen LogP contribution is 2.33. The maximum atomic E-state index is 13.1. The summed E-state index contributed by atoms with van der Waals surface area (Å²) in [5.74, 6) is 0. The molecule has 3 aromatic rings. The van der Waals surface area contributed by atoms with Crippen molar-refractivity contribution in [3.05, 3.63) is 101 Å². The van der Waals surface area contributed by atoms with E-state index in [1.165, 1.54) is 10.4 Å². The third-order valence-electron chi connectivity index (χ3n) is 5.95. The van der Waals surface area contributed by atoms with E-state index in [9.17, 15) is 21.6 Å². The lowest BCUT2D eigenvalue weighted by molar-refractivity contribution is -0.137. The minimum absolute atomic E-state index is 0.0368. The summed E-state index contributed by atoms with van der Waals surface area (Å²) < 4.78 is 66.6. The maximum absolute atomic E-state index is 13.1. The number of hydrogen-bond acceptors (Lipinski definition) is 3. The van der Waals surface area contributed by atoms with E-state index in [2.05, 4.69) is 41.3 Å². The van der Waals surface area contributed by atoms with Gasteiger partial charge in [-0.1, -0.05) is 66.2 Å². The topological polar surface area (TPSA) is 40.6 Å². The van der Waals surface area contributed by atoms with E-state index in [1.54, 1.807) is 0 Å². The average molecular weight is 475 g/mol. The average Bonchev–Trinajstić information content (AvgIpc) is 2.81. The van der Waals surface area contributed by atoms with E-state index in [1.807, 2.05) is 25.1 Å². The van der Waals surface area contributed by atoms with Crippen LogP contribution in [0.3, 0.4) is 0 Å². The van der Waals surface area contributed by atoms with E-state index in [0.717, 1.165) is 28.8 Å². The van der Waals surface area contributed by atoms with Crippen LogP contribution >= 0.6 is 0 Å². The molecule has 174 valence electrons. The summed E-state index contributed by atoms with van der Waals surface area (Å²) in [5.41, 5.74) is 2.41. The lowest BCUT2D eigenvalue weighted by atomic mass is 9.96. The summed E-state index contributed by atoms with van der Waals surface area (Å²) in [6, 6.07) is 22.2. The van der Waals surface area contributed by atoms with Crippen molar-refractivity contribution < 1.29 is 21.6 Å². The highest BCUT2D eigenvalue weighted by molar-refractivity contribution is 7.89. The number of hydrogen-bond donors (Lipinski definition) is 0. The summed E-state index contributed by atoms with van der Waals surface area (Å²) in [5, 5.41) is 0. The molecule has 0 radical (unpaired) electrons. The van der Waals surface area contributed by atoms with Gasteiger partial charge < -0.3 is 0 Å². The molecule has 33 heavy (non-hydrogen) atoms. The third-order valence-corrected chi connectivity index (χ3v) is 7.84. The number of halogens is 3. The number of alkyl halides is 3. The van der Waals surface area contributed by atoms with Crippen molar-refractivity contribution in [3.63, 3.8) is 0 Å². The first-order valence-electron chi connectivity index (χ1n) is 10.7. The smallest absolute Gasteiger partial charge is 0.290 e. The van der Waals surface area contributed by atoms with Gasteiger partial charge in [-0.15, -0.1) is 0 Å². The quantitative estimate of drug-likeness (QED) is 0.516. The molecule has 0 bridgehead atoms. The fourth-order valence-corrected chi connectivity index (χ4v) is 5.65. The normalized spacial score (nSPS) is 17.1. The highest BCUT2D eigenvalue weighted by Gasteiger charge is 2.35. The van der Waals surface area contributed by atoms with Gasteiger partial charge in [0.15, 0.2) is 0 Å². The Morgan fingerprint density at radius 1 is 0.788 bits per heavy atom. The molecule has 8 heteroatoms. The number of sulfonamides is 1. The molecule has 4 nitrogen and oxygen atoms in total. The molecule has 1 heterocycles. The Morgan fingerprint density at radius 3 is 2.00 bits per heavy atom. The zero-order valence-corrected chi connectivity index (χ0v) is 19.0. The van der Waals surface area contributed by atoms with Gasteiger partial charge >= 0.3 is 6.18 Å². The first-order chi connectivity index (χ1) is 15.7. The molecule has 3 aromatic carbocycles. The maximum Gasteiger partial charge on any atom is 0.416 e. The third kappa shape index (κ3) is 5.13. The second-order valence-corrected chi connectivity index (χ2v) is 10.1. The Morgan fingerprint density at radius 2 is 1.39 bits per heavy atom. The first-order valence-corrected chi connectivity index (χ1v) is 12.1. The zero-order valence-electron chi connectivity index (χ0n) is 18.2. The number of piperazine rings is 1. The van der Waals surface area contributed by atoms with Gasteiger partial charge in [0, 0.05) is 26.2 Å². The van der Waals surface area contributed by atoms with Gasteiger partial charge in [-0.3, -0.25) is 4.90 Å². The Bertz CT molecular complexity index is 1190. The minimum Gasteiger partial charge on any atom is -0.290 e. The molecule has 0 aliphatic carbocycles. The molecule has 1 aliphatic rings. The van der Waals surface area contributed by atoms with Crippen molar-refractivity contribution in [3.8, 4) is 0 Å². The summed E-state index contributed by atoms with van der Waals surface area (Å²) in [7, 11) is -4.02. The van der Waals surface area contributed by atoms with Crippen LogP contribution in [0.25, 0.3) is 0 Å². The van der Waals surface area contributed by atoms with Crippen molar-refractivity contribution in [1.29, 1.82) is 0 Å².